The lowest BCUT2D eigenvalue weighted by atomic mass is 9.74. The lowest BCUT2D eigenvalue weighted by molar-refractivity contribution is -0.131. The maximum atomic E-state index is 12.6. The molecular weight excluding hydrogens is 386 g/mol. The molecule has 0 bridgehead atoms. The Bertz CT molecular complexity index is 849. The Hall–Kier alpha value is -2.33. The second kappa shape index (κ2) is 10.3. The van der Waals surface area contributed by atoms with Gasteiger partial charge in [0.15, 0.2) is 0 Å². The topological polar surface area (TPSA) is 38.8 Å². The molecule has 0 radical (unpaired) electrons. The van der Waals surface area contributed by atoms with Crippen molar-refractivity contribution in [1.29, 1.82) is 0 Å². The number of carbonyl (C=O) groups is 1. The summed E-state index contributed by atoms with van der Waals surface area (Å²) < 4.78 is 11.7. The molecule has 1 heterocycles. The largest absolute Gasteiger partial charge is 0.496 e. The second-order valence-electron chi connectivity index (χ2n) is 9.30. The van der Waals surface area contributed by atoms with E-state index in [1.165, 1.54) is 11.1 Å². The van der Waals surface area contributed by atoms with Crippen LogP contribution in [0.3, 0.4) is 0 Å². The summed E-state index contributed by atoms with van der Waals surface area (Å²) in [6.45, 7) is 9.64. The highest BCUT2D eigenvalue weighted by Crippen LogP contribution is 2.43. The summed E-state index contributed by atoms with van der Waals surface area (Å²) in [5.41, 5.74) is 2.28. The molecule has 31 heavy (non-hydrogen) atoms. The van der Waals surface area contributed by atoms with Crippen molar-refractivity contribution in [2.24, 2.45) is 5.92 Å². The quantitative estimate of drug-likeness (QED) is 0.524. The zero-order valence-electron chi connectivity index (χ0n) is 19.6. The first-order valence-corrected chi connectivity index (χ1v) is 11.4. The van der Waals surface area contributed by atoms with Crippen LogP contribution in [-0.2, 0) is 9.53 Å². The number of nitrogens with zero attached hydrogens (tertiary/aromatic N) is 1. The summed E-state index contributed by atoms with van der Waals surface area (Å²) in [4.78, 5) is 14.6. The molecular formula is C27H37NO3. The molecule has 1 amide bonds. The number of hydrogen-bond acceptors (Lipinski definition) is 3. The van der Waals surface area contributed by atoms with Gasteiger partial charge in [-0.25, -0.2) is 0 Å². The van der Waals surface area contributed by atoms with Gasteiger partial charge in [0.05, 0.1) is 18.8 Å². The van der Waals surface area contributed by atoms with Crippen molar-refractivity contribution in [1.82, 2.24) is 4.90 Å². The molecule has 0 N–H and O–H groups in total. The minimum Gasteiger partial charge on any atom is -0.496 e. The fraction of sp³-hybridized carbons (Fsp3) is 0.519. The van der Waals surface area contributed by atoms with Crippen LogP contribution < -0.4 is 4.74 Å². The van der Waals surface area contributed by atoms with Gasteiger partial charge >= 0.3 is 0 Å². The van der Waals surface area contributed by atoms with Gasteiger partial charge in [0.1, 0.15) is 5.75 Å². The molecule has 1 saturated heterocycles. The number of para-hydroxylation sites is 1. The average molecular weight is 424 g/mol. The van der Waals surface area contributed by atoms with E-state index in [-0.39, 0.29) is 17.6 Å². The van der Waals surface area contributed by atoms with Gasteiger partial charge in [0, 0.05) is 20.1 Å². The summed E-state index contributed by atoms with van der Waals surface area (Å²) in [7, 11) is 1.74. The Morgan fingerprint density at radius 2 is 1.84 bits per heavy atom. The number of hydrogen-bond donors (Lipinski definition) is 0. The average Bonchev–Trinajstić information content (AvgIpc) is 2.76. The Kier molecular flexibility index (Phi) is 7.77. The Morgan fingerprint density at radius 3 is 2.48 bits per heavy atom. The number of rotatable bonds is 8. The fourth-order valence-electron chi connectivity index (χ4n) is 5.05. The molecule has 0 spiro atoms. The standard InChI is InChI=1S/C27H37NO3/c1-20(22-11-7-6-8-12-22)28(21(2)29)17-15-24(23-16-18-31-27(3,4)19-23)25-13-9-10-14-26(25)30-5/h6-14,20,23-24H,15-19H2,1-5H3/t20-,23+,24+/m1/s1. The zero-order valence-corrected chi connectivity index (χ0v) is 19.6. The molecule has 4 nitrogen and oxygen atoms in total. The van der Waals surface area contributed by atoms with Gasteiger partial charge in [-0.3, -0.25) is 4.79 Å². The molecule has 0 aromatic heterocycles. The highest BCUT2D eigenvalue weighted by atomic mass is 16.5. The highest BCUT2D eigenvalue weighted by Gasteiger charge is 2.35. The van der Waals surface area contributed by atoms with Crippen molar-refractivity contribution in [2.75, 3.05) is 20.3 Å². The normalized spacial score (nSPS) is 20.0. The third-order valence-corrected chi connectivity index (χ3v) is 6.68. The van der Waals surface area contributed by atoms with Crippen molar-refractivity contribution >= 4 is 5.91 Å². The first kappa shape index (κ1) is 23.3. The van der Waals surface area contributed by atoms with E-state index in [0.717, 1.165) is 31.6 Å². The van der Waals surface area contributed by atoms with Crippen LogP contribution in [0.5, 0.6) is 5.75 Å². The van der Waals surface area contributed by atoms with Crippen LogP contribution in [0, 0.1) is 5.92 Å². The molecule has 4 heteroatoms. The van der Waals surface area contributed by atoms with Crippen molar-refractivity contribution in [3.05, 3.63) is 65.7 Å². The van der Waals surface area contributed by atoms with Crippen LogP contribution in [0.4, 0.5) is 0 Å². The first-order chi connectivity index (χ1) is 14.8. The second-order valence-corrected chi connectivity index (χ2v) is 9.30. The maximum absolute atomic E-state index is 12.6. The monoisotopic (exact) mass is 423 g/mol. The maximum Gasteiger partial charge on any atom is 0.219 e. The van der Waals surface area contributed by atoms with Crippen molar-refractivity contribution in [3.8, 4) is 5.75 Å². The Morgan fingerprint density at radius 1 is 1.16 bits per heavy atom. The predicted molar refractivity (Wildman–Crippen MR) is 125 cm³/mol. The number of carbonyl (C=O) groups excluding carboxylic acids is 1. The van der Waals surface area contributed by atoms with E-state index in [9.17, 15) is 4.79 Å². The van der Waals surface area contributed by atoms with Gasteiger partial charge in [0.2, 0.25) is 5.91 Å². The predicted octanol–water partition coefficient (Wildman–Crippen LogP) is 5.98. The van der Waals surface area contributed by atoms with Crippen LogP contribution in [0.1, 0.15) is 70.0 Å². The van der Waals surface area contributed by atoms with Crippen molar-refractivity contribution in [3.63, 3.8) is 0 Å². The lowest BCUT2D eigenvalue weighted by Gasteiger charge is -2.40. The molecule has 1 aliphatic rings. The van der Waals surface area contributed by atoms with Crippen molar-refractivity contribution in [2.45, 2.75) is 64.5 Å². The molecule has 0 unspecified atom stereocenters. The number of ether oxygens (including phenoxy) is 2. The van der Waals surface area contributed by atoms with Crippen molar-refractivity contribution < 1.29 is 14.3 Å². The molecule has 168 valence electrons. The van der Waals surface area contributed by atoms with Crippen LogP contribution in [-0.4, -0.2) is 36.7 Å². The molecule has 2 aromatic rings. The first-order valence-electron chi connectivity index (χ1n) is 11.4. The Balaban J connectivity index is 1.86. The summed E-state index contributed by atoms with van der Waals surface area (Å²) in [5.74, 6) is 1.84. The fourth-order valence-corrected chi connectivity index (χ4v) is 5.05. The number of benzene rings is 2. The Labute approximate surface area is 187 Å². The molecule has 1 fully saturated rings. The van der Waals surface area contributed by atoms with Crippen LogP contribution in [0.2, 0.25) is 0 Å². The van der Waals surface area contributed by atoms with E-state index in [1.807, 2.05) is 35.2 Å². The number of amides is 1. The summed E-state index contributed by atoms with van der Waals surface area (Å²) in [6.07, 6.45) is 2.93. The molecule has 1 aliphatic heterocycles. The van der Waals surface area contributed by atoms with E-state index in [4.69, 9.17) is 9.47 Å². The molecule has 0 aliphatic carbocycles. The van der Waals surface area contributed by atoms with E-state index in [0.29, 0.717) is 18.4 Å². The van der Waals surface area contributed by atoms with Gasteiger partial charge < -0.3 is 14.4 Å². The van der Waals surface area contributed by atoms with E-state index >= 15 is 0 Å². The third kappa shape index (κ3) is 5.88. The van der Waals surface area contributed by atoms with Gasteiger partial charge in [0.25, 0.3) is 0 Å². The van der Waals surface area contributed by atoms with Gasteiger partial charge in [-0.2, -0.15) is 0 Å². The van der Waals surface area contributed by atoms with E-state index in [2.05, 4.69) is 45.0 Å². The summed E-state index contributed by atoms with van der Waals surface area (Å²) in [5, 5.41) is 0. The summed E-state index contributed by atoms with van der Waals surface area (Å²) in [6, 6.07) is 18.7. The summed E-state index contributed by atoms with van der Waals surface area (Å²) >= 11 is 0. The SMILES string of the molecule is COc1ccccc1[C@@H](CCN(C(C)=O)[C@H](C)c1ccccc1)[C@H]1CCOC(C)(C)C1. The van der Waals surface area contributed by atoms with Gasteiger partial charge in [-0.1, -0.05) is 48.5 Å². The molecule has 2 aromatic carbocycles. The molecule has 0 saturated carbocycles. The van der Waals surface area contributed by atoms with Gasteiger partial charge in [-0.15, -0.1) is 0 Å². The highest BCUT2D eigenvalue weighted by molar-refractivity contribution is 5.73. The van der Waals surface area contributed by atoms with E-state index in [1.54, 1.807) is 14.0 Å². The lowest BCUT2D eigenvalue weighted by Crippen LogP contribution is -2.38. The number of methoxy groups -OCH3 is 1. The molecule has 3 rings (SSSR count). The third-order valence-electron chi connectivity index (χ3n) is 6.68. The smallest absolute Gasteiger partial charge is 0.219 e. The van der Waals surface area contributed by atoms with Crippen LogP contribution in [0.15, 0.2) is 54.6 Å². The van der Waals surface area contributed by atoms with Gasteiger partial charge in [-0.05, 0) is 69.1 Å². The zero-order chi connectivity index (χ0) is 22.4. The van der Waals surface area contributed by atoms with E-state index < -0.39 is 0 Å². The molecule has 3 atom stereocenters. The minimum absolute atomic E-state index is 0.0446. The minimum atomic E-state index is -0.124. The van der Waals surface area contributed by atoms with Crippen LogP contribution in [0.25, 0.3) is 0 Å². The van der Waals surface area contributed by atoms with Crippen LogP contribution >= 0.6 is 0 Å².